The number of carboxylic acids is 1. The van der Waals surface area contributed by atoms with Gasteiger partial charge in [0.05, 0.1) is 34.4 Å². The Labute approximate surface area is 363 Å². The minimum absolute atomic E-state index is 0.0557. The summed E-state index contributed by atoms with van der Waals surface area (Å²) >= 11 is 0. The third-order valence-electron chi connectivity index (χ3n) is 10.7. The molecule has 0 aliphatic rings. The van der Waals surface area contributed by atoms with Crippen LogP contribution in [0.25, 0.3) is 0 Å². The van der Waals surface area contributed by atoms with Gasteiger partial charge in [0.25, 0.3) is 0 Å². The highest BCUT2D eigenvalue weighted by Gasteiger charge is 2.31. The number of hydrogen-bond donors (Lipinski definition) is 1. The summed E-state index contributed by atoms with van der Waals surface area (Å²) in [6, 6.07) is -0.617. The molecule has 0 rings (SSSR count). The zero-order valence-corrected chi connectivity index (χ0v) is 39.0. The second-order valence-corrected chi connectivity index (χ2v) is 17.3. The molecule has 0 amide bonds. The standard InChI is InChI=1S/C51H91NO7/c1-6-8-10-12-14-16-18-20-22-23-24-25-26-27-28-30-32-34-36-38-40-42-50(54)59-47(45-57-44-43-48(51(55)56)52(3,4)5)46-58-49(53)41-39-37-35-33-31-29-21-19-17-15-13-11-9-7-2/h8,10,14,16,20,22,29,31,47-48H,6-7,9,11-13,15,17-19,21,23-28,30,32-46H2,1-5H3/p+1/b10-8+,16-14+,22-20+,31-29+. The molecule has 1 N–H and O–H groups in total. The molecule has 0 saturated heterocycles. The zero-order valence-electron chi connectivity index (χ0n) is 39.0. The van der Waals surface area contributed by atoms with Gasteiger partial charge in [-0.05, 0) is 70.6 Å². The van der Waals surface area contributed by atoms with Crippen molar-refractivity contribution < 1.29 is 38.2 Å². The van der Waals surface area contributed by atoms with E-state index >= 15 is 0 Å². The Hall–Kier alpha value is -2.71. The predicted octanol–water partition coefficient (Wildman–Crippen LogP) is 13.6. The number of quaternary nitrogens is 1. The normalized spacial score (nSPS) is 13.3. The van der Waals surface area contributed by atoms with E-state index in [0.29, 0.717) is 19.3 Å². The van der Waals surface area contributed by atoms with Gasteiger partial charge in [-0.3, -0.25) is 9.59 Å². The first-order valence-electron chi connectivity index (χ1n) is 24.2. The second kappa shape index (κ2) is 42.0. The Morgan fingerprint density at radius 1 is 0.525 bits per heavy atom. The summed E-state index contributed by atoms with van der Waals surface area (Å²) in [5, 5.41) is 9.64. The summed E-state index contributed by atoms with van der Waals surface area (Å²) < 4.78 is 17.3. The van der Waals surface area contributed by atoms with Gasteiger partial charge in [0.2, 0.25) is 0 Å². The molecule has 0 aromatic carbocycles. The molecule has 342 valence electrons. The van der Waals surface area contributed by atoms with Crippen LogP contribution in [0.15, 0.2) is 48.6 Å². The number of carbonyl (C=O) groups excluding carboxylic acids is 2. The maximum atomic E-state index is 12.8. The highest BCUT2D eigenvalue weighted by atomic mass is 16.6. The Bertz CT molecular complexity index is 1110. The largest absolute Gasteiger partial charge is 0.477 e. The number of carbonyl (C=O) groups is 3. The minimum Gasteiger partial charge on any atom is -0.477 e. The summed E-state index contributed by atoms with van der Waals surface area (Å²) in [6.07, 6.45) is 50.1. The van der Waals surface area contributed by atoms with Gasteiger partial charge in [0.1, 0.15) is 6.61 Å². The Morgan fingerprint density at radius 3 is 1.44 bits per heavy atom. The molecule has 2 atom stereocenters. The van der Waals surface area contributed by atoms with Crippen LogP contribution in [0.1, 0.15) is 206 Å². The first-order chi connectivity index (χ1) is 28.6. The number of nitrogens with zero attached hydrogens (tertiary/aromatic N) is 1. The molecule has 0 fully saturated rings. The zero-order chi connectivity index (χ0) is 43.5. The fraction of sp³-hybridized carbons (Fsp3) is 0.784. The van der Waals surface area contributed by atoms with Crippen molar-refractivity contribution in [1.29, 1.82) is 0 Å². The average molecular weight is 831 g/mol. The van der Waals surface area contributed by atoms with Crippen molar-refractivity contribution in [3.05, 3.63) is 48.6 Å². The fourth-order valence-corrected chi connectivity index (χ4v) is 6.98. The molecule has 0 saturated carbocycles. The molecular weight excluding hydrogens is 739 g/mol. The van der Waals surface area contributed by atoms with Gasteiger partial charge in [-0.15, -0.1) is 0 Å². The van der Waals surface area contributed by atoms with Crippen molar-refractivity contribution in [2.24, 2.45) is 0 Å². The molecule has 0 aromatic rings. The van der Waals surface area contributed by atoms with E-state index in [1.54, 1.807) is 0 Å². The number of carboxylic acid groups (broad SMARTS) is 1. The van der Waals surface area contributed by atoms with Crippen LogP contribution >= 0.6 is 0 Å². The average Bonchev–Trinajstić information content (AvgIpc) is 3.19. The van der Waals surface area contributed by atoms with Gasteiger partial charge < -0.3 is 23.8 Å². The lowest BCUT2D eigenvalue weighted by Gasteiger charge is -2.31. The molecule has 0 aromatic heterocycles. The summed E-state index contributed by atoms with van der Waals surface area (Å²) in [7, 11) is 5.53. The van der Waals surface area contributed by atoms with Gasteiger partial charge >= 0.3 is 17.9 Å². The molecule has 59 heavy (non-hydrogen) atoms. The van der Waals surface area contributed by atoms with Gasteiger partial charge in [-0.25, -0.2) is 4.79 Å². The van der Waals surface area contributed by atoms with Crippen molar-refractivity contribution in [2.45, 2.75) is 219 Å². The Morgan fingerprint density at radius 2 is 0.949 bits per heavy atom. The number of ether oxygens (including phenoxy) is 3. The molecule has 0 aliphatic carbocycles. The molecule has 8 nitrogen and oxygen atoms in total. The number of esters is 2. The van der Waals surface area contributed by atoms with Crippen molar-refractivity contribution in [3.63, 3.8) is 0 Å². The first kappa shape index (κ1) is 56.3. The third kappa shape index (κ3) is 40.5. The van der Waals surface area contributed by atoms with Crippen LogP contribution in [0.5, 0.6) is 0 Å². The maximum Gasteiger partial charge on any atom is 0.362 e. The molecule has 0 heterocycles. The monoisotopic (exact) mass is 831 g/mol. The van der Waals surface area contributed by atoms with Crippen LogP contribution < -0.4 is 0 Å². The molecule has 0 aliphatic heterocycles. The lowest BCUT2D eigenvalue weighted by molar-refractivity contribution is -0.887. The fourth-order valence-electron chi connectivity index (χ4n) is 6.98. The predicted molar refractivity (Wildman–Crippen MR) is 248 cm³/mol. The van der Waals surface area contributed by atoms with Gasteiger partial charge in [-0.1, -0.05) is 165 Å². The van der Waals surface area contributed by atoms with Crippen LogP contribution in [0, 0.1) is 0 Å². The smallest absolute Gasteiger partial charge is 0.362 e. The highest BCUT2D eigenvalue weighted by Crippen LogP contribution is 2.15. The third-order valence-corrected chi connectivity index (χ3v) is 10.7. The molecule has 0 radical (unpaired) electrons. The summed E-state index contributed by atoms with van der Waals surface area (Å²) in [4.78, 5) is 37.1. The highest BCUT2D eigenvalue weighted by molar-refractivity contribution is 5.72. The molecule has 2 unspecified atom stereocenters. The minimum atomic E-state index is -0.877. The van der Waals surface area contributed by atoms with E-state index in [0.717, 1.165) is 70.6 Å². The van der Waals surface area contributed by atoms with E-state index in [2.05, 4.69) is 62.5 Å². The van der Waals surface area contributed by atoms with Crippen LogP contribution in [-0.2, 0) is 28.6 Å². The SMILES string of the molecule is CC/C=C/C/C=C/C/C=C/CCCCCCCCCCCCCC(=O)OC(COCCC(C(=O)O)[N+](C)(C)C)COC(=O)CCCCC/C=C/CCCCCCCCC. The number of rotatable bonds is 43. The van der Waals surface area contributed by atoms with E-state index in [4.69, 9.17) is 14.2 Å². The molecular formula is C51H92NO7+. The topological polar surface area (TPSA) is 99.1 Å². The van der Waals surface area contributed by atoms with E-state index in [-0.39, 0.29) is 36.2 Å². The lowest BCUT2D eigenvalue weighted by Crippen LogP contribution is -2.50. The van der Waals surface area contributed by atoms with Gasteiger partial charge in [0, 0.05) is 19.3 Å². The van der Waals surface area contributed by atoms with Crippen molar-refractivity contribution in [3.8, 4) is 0 Å². The van der Waals surface area contributed by atoms with Crippen molar-refractivity contribution in [1.82, 2.24) is 0 Å². The van der Waals surface area contributed by atoms with Crippen LogP contribution in [0.3, 0.4) is 0 Å². The second-order valence-electron chi connectivity index (χ2n) is 17.3. The van der Waals surface area contributed by atoms with Crippen LogP contribution in [0.4, 0.5) is 0 Å². The molecule has 8 heteroatoms. The van der Waals surface area contributed by atoms with Crippen molar-refractivity contribution in [2.75, 3.05) is 41.0 Å². The van der Waals surface area contributed by atoms with E-state index < -0.39 is 18.1 Å². The molecule has 0 bridgehead atoms. The van der Waals surface area contributed by atoms with Gasteiger partial charge in [0.15, 0.2) is 12.1 Å². The lowest BCUT2D eigenvalue weighted by atomic mass is 10.0. The van der Waals surface area contributed by atoms with Crippen LogP contribution in [0.2, 0.25) is 0 Å². The quantitative estimate of drug-likeness (QED) is 0.0283. The first-order valence-corrected chi connectivity index (χ1v) is 24.2. The molecule has 0 spiro atoms. The number of likely N-dealkylation sites (N-methyl/N-ethyl adjacent to an activating group) is 1. The summed E-state index contributed by atoms with van der Waals surface area (Å²) in [6.45, 7) is 4.62. The Kier molecular flexibility index (Phi) is 40.1. The number of unbranched alkanes of at least 4 members (excludes halogenated alkanes) is 21. The number of allylic oxidation sites excluding steroid dienone is 8. The van der Waals surface area contributed by atoms with E-state index in [1.807, 2.05) is 21.1 Å². The van der Waals surface area contributed by atoms with Crippen molar-refractivity contribution >= 4 is 17.9 Å². The maximum absolute atomic E-state index is 12.8. The number of hydrogen-bond acceptors (Lipinski definition) is 6. The van der Waals surface area contributed by atoms with E-state index in [9.17, 15) is 19.5 Å². The van der Waals surface area contributed by atoms with Gasteiger partial charge in [-0.2, -0.15) is 0 Å². The summed E-state index contributed by atoms with van der Waals surface area (Å²) in [5.41, 5.74) is 0. The Balaban J connectivity index is 4.27. The van der Waals surface area contributed by atoms with E-state index in [1.165, 1.54) is 103 Å². The summed E-state index contributed by atoms with van der Waals surface area (Å²) in [5.74, 6) is -1.49. The number of aliphatic carboxylic acids is 1. The van der Waals surface area contributed by atoms with Crippen LogP contribution in [-0.4, -0.2) is 80.6 Å².